The maximum absolute atomic E-state index is 5.89. The molecule has 1 heterocycles. The van der Waals surface area contributed by atoms with Gasteiger partial charge < -0.3 is 4.74 Å². The van der Waals surface area contributed by atoms with Crippen LogP contribution in [-0.2, 0) is 6.42 Å². The Labute approximate surface area is 105 Å². The van der Waals surface area contributed by atoms with Crippen molar-refractivity contribution in [3.05, 3.63) is 52.6 Å². The van der Waals surface area contributed by atoms with Crippen molar-refractivity contribution in [1.29, 1.82) is 0 Å². The second kappa shape index (κ2) is 5.15. The van der Waals surface area contributed by atoms with Crippen LogP contribution in [0.15, 0.2) is 30.3 Å². The van der Waals surface area contributed by atoms with Crippen molar-refractivity contribution in [3.8, 4) is 5.75 Å². The lowest BCUT2D eigenvalue weighted by atomic mass is 10.1. The highest BCUT2D eigenvalue weighted by molar-refractivity contribution is 6.29. The molecule has 0 radical (unpaired) electrons. The molecular weight excluding hydrogens is 236 g/mol. The summed E-state index contributed by atoms with van der Waals surface area (Å²) in [7, 11) is 1.65. The Morgan fingerprint density at radius 2 is 1.88 bits per heavy atom. The van der Waals surface area contributed by atoms with Crippen LogP contribution < -0.4 is 4.74 Å². The molecule has 1 aromatic carbocycles. The zero-order valence-electron chi connectivity index (χ0n) is 9.77. The third kappa shape index (κ3) is 3.17. The zero-order chi connectivity index (χ0) is 12.3. The van der Waals surface area contributed by atoms with E-state index in [2.05, 4.69) is 9.97 Å². The number of aryl methyl sites for hydroxylation is 1. The van der Waals surface area contributed by atoms with E-state index >= 15 is 0 Å². The van der Waals surface area contributed by atoms with E-state index in [1.807, 2.05) is 31.2 Å². The predicted octanol–water partition coefficient (Wildman–Crippen LogP) is 3.04. The van der Waals surface area contributed by atoms with Crippen molar-refractivity contribution in [2.24, 2.45) is 0 Å². The van der Waals surface area contributed by atoms with Crippen molar-refractivity contribution in [3.63, 3.8) is 0 Å². The van der Waals surface area contributed by atoms with Crippen molar-refractivity contribution in [2.75, 3.05) is 7.11 Å². The second-order valence-corrected chi connectivity index (χ2v) is 4.16. The molecule has 0 aliphatic rings. The highest BCUT2D eigenvalue weighted by Crippen LogP contribution is 2.14. The second-order valence-electron chi connectivity index (χ2n) is 3.77. The largest absolute Gasteiger partial charge is 0.497 e. The number of halogens is 1. The molecular formula is C13H13ClN2O. The molecule has 0 N–H and O–H groups in total. The molecule has 1 aromatic heterocycles. The third-order valence-corrected chi connectivity index (χ3v) is 2.58. The van der Waals surface area contributed by atoms with Gasteiger partial charge in [0.15, 0.2) is 0 Å². The number of ether oxygens (including phenoxy) is 1. The number of hydrogen-bond donors (Lipinski definition) is 0. The molecule has 0 amide bonds. The monoisotopic (exact) mass is 248 g/mol. The third-order valence-electron chi connectivity index (χ3n) is 2.39. The van der Waals surface area contributed by atoms with Gasteiger partial charge in [0.25, 0.3) is 0 Å². The first-order valence-corrected chi connectivity index (χ1v) is 5.68. The van der Waals surface area contributed by atoms with Gasteiger partial charge in [-0.25, -0.2) is 9.97 Å². The molecule has 4 heteroatoms. The number of rotatable bonds is 3. The Hall–Kier alpha value is -1.61. The van der Waals surface area contributed by atoms with Gasteiger partial charge in [0.2, 0.25) is 0 Å². The smallest absolute Gasteiger partial charge is 0.134 e. The van der Waals surface area contributed by atoms with Crippen LogP contribution in [0.3, 0.4) is 0 Å². The molecule has 0 unspecified atom stereocenters. The minimum atomic E-state index is 0.487. The van der Waals surface area contributed by atoms with E-state index in [4.69, 9.17) is 16.3 Å². The molecule has 0 atom stereocenters. The number of benzene rings is 1. The molecule has 2 rings (SSSR count). The summed E-state index contributed by atoms with van der Waals surface area (Å²) >= 11 is 5.89. The fourth-order valence-corrected chi connectivity index (χ4v) is 1.85. The molecule has 17 heavy (non-hydrogen) atoms. The molecule has 3 nitrogen and oxygen atoms in total. The first-order chi connectivity index (χ1) is 8.17. The summed E-state index contributed by atoms with van der Waals surface area (Å²) in [6.07, 6.45) is 0.672. The van der Waals surface area contributed by atoms with Crippen molar-refractivity contribution in [1.82, 2.24) is 9.97 Å². The van der Waals surface area contributed by atoms with Gasteiger partial charge in [-0.05, 0) is 30.7 Å². The first kappa shape index (κ1) is 11.9. The minimum absolute atomic E-state index is 0.487. The Morgan fingerprint density at radius 3 is 2.47 bits per heavy atom. The van der Waals surface area contributed by atoms with Gasteiger partial charge in [-0.1, -0.05) is 23.7 Å². The maximum Gasteiger partial charge on any atom is 0.134 e. The summed E-state index contributed by atoms with van der Waals surface area (Å²) in [5, 5.41) is 0.487. The van der Waals surface area contributed by atoms with E-state index in [-0.39, 0.29) is 0 Å². The maximum atomic E-state index is 5.89. The first-order valence-electron chi connectivity index (χ1n) is 5.30. The van der Waals surface area contributed by atoms with Crippen LogP contribution >= 0.6 is 11.6 Å². The number of aromatic nitrogens is 2. The van der Waals surface area contributed by atoms with Gasteiger partial charge in [0.05, 0.1) is 7.11 Å². The lowest BCUT2D eigenvalue weighted by molar-refractivity contribution is 0.414. The van der Waals surface area contributed by atoms with Gasteiger partial charge in [-0.3, -0.25) is 0 Å². The molecule has 0 spiro atoms. The van der Waals surface area contributed by atoms with Gasteiger partial charge in [-0.15, -0.1) is 0 Å². The molecule has 2 aromatic rings. The summed E-state index contributed by atoms with van der Waals surface area (Å²) in [4.78, 5) is 8.54. The average Bonchev–Trinajstić information content (AvgIpc) is 2.28. The Kier molecular flexibility index (Phi) is 3.59. The van der Waals surface area contributed by atoms with Gasteiger partial charge >= 0.3 is 0 Å². The van der Waals surface area contributed by atoms with Gasteiger partial charge in [-0.2, -0.15) is 0 Å². The zero-order valence-corrected chi connectivity index (χ0v) is 10.5. The molecule has 0 aliphatic heterocycles. The average molecular weight is 249 g/mol. The number of hydrogen-bond acceptors (Lipinski definition) is 3. The Morgan fingerprint density at radius 1 is 1.18 bits per heavy atom. The molecule has 0 saturated carbocycles. The van der Waals surface area contributed by atoms with Gasteiger partial charge in [0.1, 0.15) is 16.7 Å². The lowest BCUT2D eigenvalue weighted by Gasteiger charge is -2.04. The van der Waals surface area contributed by atoms with E-state index in [9.17, 15) is 0 Å². The standard InChI is InChI=1S/C13H13ClN2O/c1-9-7-12(14)16-13(15-9)8-10-3-5-11(17-2)6-4-10/h3-7H,8H2,1-2H3. The van der Waals surface area contributed by atoms with Crippen LogP contribution in [0.5, 0.6) is 5.75 Å². The van der Waals surface area contributed by atoms with Crippen molar-refractivity contribution >= 4 is 11.6 Å². The number of nitrogens with zero attached hydrogens (tertiary/aromatic N) is 2. The Balaban J connectivity index is 2.19. The molecule has 0 aliphatic carbocycles. The highest BCUT2D eigenvalue weighted by atomic mass is 35.5. The summed E-state index contributed by atoms with van der Waals surface area (Å²) in [5.41, 5.74) is 2.01. The molecule has 88 valence electrons. The minimum Gasteiger partial charge on any atom is -0.497 e. The lowest BCUT2D eigenvalue weighted by Crippen LogP contribution is -1.98. The van der Waals surface area contributed by atoms with Crippen LogP contribution in [0.25, 0.3) is 0 Å². The predicted molar refractivity (Wildman–Crippen MR) is 67.6 cm³/mol. The summed E-state index contributed by atoms with van der Waals surface area (Å²) in [5.74, 6) is 1.58. The fraction of sp³-hybridized carbons (Fsp3) is 0.231. The van der Waals surface area contributed by atoms with Crippen LogP contribution in [0, 0.1) is 6.92 Å². The number of methoxy groups -OCH3 is 1. The normalized spacial score (nSPS) is 10.3. The van der Waals surface area contributed by atoms with Crippen LogP contribution in [0.4, 0.5) is 0 Å². The van der Waals surface area contributed by atoms with E-state index in [0.717, 1.165) is 22.8 Å². The van der Waals surface area contributed by atoms with Crippen LogP contribution in [0.1, 0.15) is 17.1 Å². The van der Waals surface area contributed by atoms with Gasteiger partial charge in [0, 0.05) is 12.1 Å². The topological polar surface area (TPSA) is 35.0 Å². The summed E-state index contributed by atoms with van der Waals surface area (Å²) in [6.45, 7) is 1.91. The summed E-state index contributed by atoms with van der Waals surface area (Å²) < 4.78 is 5.11. The highest BCUT2D eigenvalue weighted by Gasteiger charge is 2.02. The van der Waals surface area contributed by atoms with Crippen LogP contribution in [0.2, 0.25) is 5.15 Å². The van der Waals surface area contributed by atoms with E-state index in [1.165, 1.54) is 0 Å². The summed E-state index contributed by atoms with van der Waals surface area (Å²) in [6, 6.07) is 9.59. The van der Waals surface area contributed by atoms with Crippen molar-refractivity contribution in [2.45, 2.75) is 13.3 Å². The quantitative estimate of drug-likeness (QED) is 0.783. The Bertz CT molecular complexity index is 491. The molecule has 0 bridgehead atoms. The molecule has 0 saturated heterocycles. The van der Waals surface area contributed by atoms with Crippen LogP contribution in [-0.4, -0.2) is 17.1 Å². The van der Waals surface area contributed by atoms with Crippen molar-refractivity contribution < 1.29 is 4.74 Å². The fourth-order valence-electron chi connectivity index (χ4n) is 1.59. The van der Waals surface area contributed by atoms with E-state index in [0.29, 0.717) is 11.6 Å². The van der Waals surface area contributed by atoms with E-state index < -0.39 is 0 Å². The SMILES string of the molecule is COc1ccc(Cc2nc(C)cc(Cl)n2)cc1. The molecule has 0 fully saturated rings. The van der Waals surface area contributed by atoms with E-state index in [1.54, 1.807) is 13.2 Å².